The smallest absolute Gasteiger partial charge is 0.349 e. The van der Waals surface area contributed by atoms with E-state index in [-0.39, 0.29) is 12.2 Å². The zero-order valence-electron chi connectivity index (χ0n) is 15.7. The van der Waals surface area contributed by atoms with Gasteiger partial charge in [0.25, 0.3) is 0 Å². The molecule has 0 aliphatic heterocycles. The predicted molar refractivity (Wildman–Crippen MR) is 109 cm³/mol. The lowest BCUT2D eigenvalue weighted by Crippen LogP contribution is -2.09. The van der Waals surface area contributed by atoms with Crippen molar-refractivity contribution in [3.05, 3.63) is 80.2 Å². The van der Waals surface area contributed by atoms with Crippen LogP contribution in [0, 0.1) is 18.3 Å². The molecule has 0 aliphatic carbocycles. The molecule has 0 fully saturated rings. The zero-order valence-corrected chi connectivity index (χ0v) is 16.4. The molecular formula is C22H16ClNO5. The Morgan fingerprint density at radius 1 is 1.28 bits per heavy atom. The van der Waals surface area contributed by atoms with Gasteiger partial charge in [0.2, 0.25) is 0 Å². The van der Waals surface area contributed by atoms with Gasteiger partial charge in [0.15, 0.2) is 0 Å². The highest BCUT2D eigenvalue weighted by atomic mass is 35.5. The summed E-state index contributed by atoms with van der Waals surface area (Å²) in [4.78, 5) is 24.2. The summed E-state index contributed by atoms with van der Waals surface area (Å²) in [7, 11) is 1.52. The van der Waals surface area contributed by atoms with Crippen molar-refractivity contribution < 1.29 is 18.7 Å². The summed E-state index contributed by atoms with van der Waals surface area (Å²) < 4.78 is 15.6. The Bertz CT molecular complexity index is 1220. The number of benzene rings is 2. The molecular weight excluding hydrogens is 394 g/mol. The monoisotopic (exact) mass is 409 g/mol. The Hall–Kier alpha value is -3.56. The van der Waals surface area contributed by atoms with Crippen LogP contribution in [0.3, 0.4) is 0 Å². The molecule has 1 heterocycles. The van der Waals surface area contributed by atoms with Crippen molar-refractivity contribution in [3.8, 4) is 11.8 Å². The van der Waals surface area contributed by atoms with Crippen LogP contribution in [0.15, 0.2) is 57.2 Å². The third-order valence-electron chi connectivity index (χ3n) is 4.21. The van der Waals surface area contributed by atoms with E-state index in [0.717, 1.165) is 5.56 Å². The number of carbonyl (C=O) groups excluding carboxylic acids is 1. The second-order valence-corrected chi connectivity index (χ2v) is 6.62. The first-order valence-electron chi connectivity index (χ1n) is 8.57. The van der Waals surface area contributed by atoms with Gasteiger partial charge in [-0.3, -0.25) is 0 Å². The van der Waals surface area contributed by atoms with Crippen molar-refractivity contribution in [1.82, 2.24) is 0 Å². The number of carbonyl (C=O) groups is 1. The van der Waals surface area contributed by atoms with E-state index in [1.807, 2.05) is 6.07 Å². The molecule has 6 nitrogen and oxygen atoms in total. The number of hydrogen-bond acceptors (Lipinski definition) is 6. The molecule has 0 bridgehead atoms. The first kappa shape index (κ1) is 20.2. The Labute approximate surface area is 171 Å². The van der Waals surface area contributed by atoms with Gasteiger partial charge in [0, 0.05) is 22.0 Å². The van der Waals surface area contributed by atoms with Gasteiger partial charge in [-0.25, -0.2) is 9.59 Å². The van der Waals surface area contributed by atoms with Crippen LogP contribution in [-0.4, -0.2) is 13.1 Å². The first-order chi connectivity index (χ1) is 13.9. The molecule has 0 saturated carbocycles. The maximum Gasteiger partial charge on any atom is 0.349 e. The van der Waals surface area contributed by atoms with Crippen molar-refractivity contribution in [2.45, 2.75) is 13.5 Å². The van der Waals surface area contributed by atoms with E-state index in [4.69, 9.17) is 25.5 Å². The van der Waals surface area contributed by atoms with E-state index in [0.29, 0.717) is 32.9 Å². The molecule has 3 aromatic rings. The zero-order chi connectivity index (χ0) is 21.0. The standard InChI is InChI=1S/C22H16ClNO5/c1-13-6-20-18(10-19(13)23)16(9-21(25)29-20)12-28-22(26)15(11-24)7-14-4-3-5-17(8-14)27-2/h3-10H,12H2,1-2H3/b15-7+. The third kappa shape index (κ3) is 4.65. The molecule has 146 valence electrons. The maximum atomic E-state index is 12.4. The van der Waals surface area contributed by atoms with Crippen molar-refractivity contribution in [2.75, 3.05) is 7.11 Å². The fraction of sp³-hybridized carbons (Fsp3) is 0.136. The number of nitriles is 1. The lowest BCUT2D eigenvalue weighted by molar-refractivity contribution is -0.139. The third-order valence-corrected chi connectivity index (χ3v) is 4.62. The minimum Gasteiger partial charge on any atom is -0.497 e. The summed E-state index contributed by atoms with van der Waals surface area (Å²) >= 11 is 6.16. The van der Waals surface area contributed by atoms with Crippen molar-refractivity contribution in [2.24, 2.45) is 0 Å². The number of methoxy groups -OCH3 is 1. The quantitative estimate of drug-likeness (QED) is 0.268. The van der Waals surface area contributed by atoms with Crippen LogP contribution in [0.1, 0.15) is 16.7 Å². The molecule has 0 N–H and O–H groups in total. The number of nitrogens with zero attached hydrogens (tertiary/aromatic N) is 1. The SMILES string of the molecule is COc1cccc(/C=C(\C#N)C(=O)OCc2cc(=O)oc3cc(C)c(Cl)cc23)c1. The first-order valence-corrected chi connectivity index (χ1v) is 8.95. The molecule has 2 aromatic carbocycles. The Kier molecular flexibility index (Phi) is 6.01. The van der Waals surface area contributed by atoms with Crippen LogP contribution in [0.25, 0.3) is 17.0 Å². The molecule has 3 rings (SSSR count). The molecule has 0 spiro atoms. The van der Waals surface area contributed by atoms with Crippen LogP contribution in [-0.2, 0) is 16.1 Å². The minimum atomic E-state index is -0.810. The second-order valence-electron chi connectivity index (χ2n) is 6.21. The predicted octanol–water partition coefficient (Wildman–Crippen LogP) is 4.41. The molecule has 7 heteroatoms. The highest BCUT2D eigenvalue weighted by molar-refractivity contribution is 6.32. The lowest BCUT2D eigenvalue weighted by atomic mass is 10.1. The van der Waals surface area contributed by atoms with Gasteiger partial charge in [-0.15, -0.1) is 0 Å². The maximum absolute atomic E-state index is 12.4. The topological polar surface area (TPSA) is 89.5 Å². The summed E-state index contributed by atoms with van der Waals surface area (Å²) in [6, 6.07) is 13.3. The number of ether oxygens (including phenoxy) is 2. The Morgan fingerprint density at radius 2 is 2.07 bits per heavy atom. The summed E-state index contributed by atoms with van der Waals surface area (Å²) in [6.07, 6.45) is 1.41. The lowest BCUT2D eigenvalue weighted by Gasteiger charge is -2.08. The summed E-state index contributed by atoms with van der Waals surface area (Å²) in [6.45, 7) is 1.58. The van der Waals surface area contributed by atoms with E-state index >= 15 is 0 Å². The largest absolute Gasteiger partial charge is 0.497 e. The van der Waals surface area contributed by atoms with E-state index in [2.05, 4.69) is 0 Å². The number of halogens is 1. The average molecular weight is 410 g/mol. The van der Waals surface area contributed by atoms with E-state index in [1.54, 1.807) is 43.3 Å². The van der Waals surface area contributed by atoms with Gasteiger partial charge in [0.1, 0.15) is 29.6 Å². The van der Waals surface area contributed by atoms with Crippen molar-refractivity contribution in [3.63, 3.8) is 0 Å². The molecule has 0 aliphatic rings. The molecule has 0 unspecified atom stereocenters. The number of esters is 1. The highest BCUT2D eigenvalue weighted by Crippen LogP contribution is 2.26. The van der Waals surface area contributed by atoms with Gasteiger partial charge in [-0.05, 0) is 48.4 Å². The van der Waals surface area contributed by atoms with Gasteiger partial charge in [-0.2, -0.15) is 5.26 Å². The second kappa shape index (κ2) is 8.63. The van der Waals surface area contributed by atoms with E-state index in [1.165, 1.54) is 19.3 Å². The molecule has 0 radical (unpaired) electrons. The number of hydrogen-bond donors (Lipinski definition) is 0. The number of fused-ring (bicyclic) bond motifs is 1. The average Bonchev–Trinajstić information content (AvgIpc) is 2.71. The Morgan fingerprint density at radius 3 is 2.79 bits per heavy atom. The van der Waals surface area contributed by atoms with Crippen LogP contribution in [0.2, 0.25) is 5.02 Å². The highest BCUT2D eigenvalue weighted by Gasteiger charge is 2.14. The minimum absolute atomic E-state index is 0.181. The van der Waals surface area contributed by atoms with Gasteiger partial charge in [-0.1, -0.05) is 23.7 Å². The van der Waals surface area contributed by atoms with Crippen LogP contribution in [0.5, 0.6) is 5.75 Å². The summed E-state index contributed by atoms with van der Waals surface area (Å²) in [5.41, 5.74) is 1.40. The van der Waals surface area contributed by atoms with Crippen LogP contribution in [0.4, 0.5) is 0 Å². The fourth-order valence-corrected chi connectivity index (χ4v) is 2.89. The van der Waals surface area contributed by atoms with E-state index in [9.17, 15) is 14.9 Å². The van der Waals surface area contributed by atoms with Crippen LogP contribution >= 0.6 is 11.6 Å². The van der Waals surface area contributed by atoms with Gasteiger partial charge >= 0.3 is 11.6 Å². The Balaban J connectivity index is 1.86. The molecule has 0 amide bonds. The molecule has 29 heavy (non-hydrogen) atoms. The summed E-state index contributed by atoms with van der Waals surface area (Å²) in [5.74, 6) is -0.214. The number of rotatable bonds is 5. The molecule has 0 atom stereocenters. The van der Waals surface area contributed by atoms with Crippen LogP contribution < -0.4 is 10.4 Å². The number of aryl methyl sites for hydroxylation is 1. The molecule has 0 saturated heterocycles. The summed E-state index contributed by atoms with van der Waals surface area (Å²) in [5, 5.41) is 10.4. The normalized spacial score (nSPS) is 11.2. The van der Waals surface area contributed by atoms with Crippen molar-refractivity contribution in [1.29, 1.82) is 5.26 Å². The van der Waals surface area contributed by atoms with E-state index < -0.39 is 11.6 Å². The van der Waals surface area contributed by atoms with Gasteiger partial charge < -0.3 is 13.9 Å². The van der Waals surface area contributed by atoms with Crippen molar-refractivity contribution >= 4 is 34.6 Å². The fourth-order valence-electron chi connectivity index (χ4n) is 2.72. The van der Waals surface area contributed by atoms with Gasteiger partial charge in [0.05, 0.1) is 7.11 Å². The molecule has 1 aromatic heterocycles.